The van der Waals surface area contributed by atoms with Crippen molar-refractivity contribution in [3.63, 3.8) is 0 Å². The predicted molar refractivity (Wildman–Crippen MR) is 119 cm³/mol. The molecule has 0 saturated heterocycles. The second-order valence-corrected chi connectivity index (χ2v) is 9.43. The number of hydrogen-bond donors (Lipinski definition) is 5. The molecule has 2 rings (SSSR count). The molecule has 0 bridgehead atoms. The molecule has 18 heteroatoms. The number of nitrogens with one attached hydrogen (secondary N) is 1. The van der Waals surface area contributed by atoms with Gasteiger partial charge >= 0.3 is 12.1 Å². The third kappa shape index (κ3) is 8.18. The van der Waals surface area contributed by atoms with Gasteiger partial charge in [0.15, 0.2) is 12.1 Å². The van der Waals surface area contributed by atoms with Crippen molar-refractivity contribution < 1.29 is 41.1 Å². The third-order valence-corrected chi connectivity index (χ3v) is 6.67. The van der Waals surface area contributed by atoms with E-state index in [9.17, 15) is 31.2 Å². The molecule has 2 atom stereocenters. The molecule has 8 N–H and O–H groups in total. The number of aryl methyl sites for hydroxylation is 1. The van der Waals surface area contributed by atoms with Crippen LogP contribution in [-0.4, -0.2) is 48.2 Å². The number of halogens is 3. The Morgan fingerprint density at radius 2 is 1.80 bits per heavy atom. The monoisotopic (exact) mass is 542 g/mol. The minimum Gasteiger partial charge on any atom is -0.475 e. The van der Waals surface area contributed by atoms with Crippen molar-refractivity contribution in [3.8, 4) is 0 Å². The number of carbonyl (C=O) groups excluding carboxylic acids is 1. The number of aromatic nitrogens is 1. The number of carboxylic acid groups (broad SMARTS) is 1. The van der Waals surface area contributed by atoms with Gasteiger partial charge in [-0.05, 0) is 42.6 Å². The number of pyridine rings is 1. The van der Waals surface area contributed by atoms with Crippen molar-refractivity contribution >= 4 is 44.9 Å². The molecule has 0 aromatic carbocycles. The number of rotatable bonds is 8. The number of oxime groups is 1. The highest BCUT2D eigenvalue weighted by molar-refractivity contribution is 7.94. The second-order valence-electron chi connectivity index (χ2n) is 6.58. The Balaban J connectivity index is 0.000000762. The van der Waals surface area contributed by atoms with E-state index in [0.717, 1.165) is 15.9 Å². The van der Waals surface area contributed by atoms with Crippen LogP contribution in [0.2, 0.25) is 0 Å². The number of thiophene rings is 1. The van der Waals surface area contributed by atoms with E-state index >= 15 is 0 Å². The van der Waals surface area contributed by atoms with Crippen LogP contribution < -0.4 is 27.5 Å². The number of nitrogens with zero attached hydrogens (tertiary/aromatic N) is 2. The molecule has 0 aliphatic rings. The number of carbonyl (C=O) groups is 2. The molecule has 2 aromatic rings. The Labute approximate surface area is 200 Å². The Morgan fingerprint density at radius 3 is 2.23 bits per heavy atom. The molecule has 0 aliphatic carbocycles. The first-order valence-electron chi connectivity index (χ1n) is 9.11. The number of primary amides is 1. The molecule has 0 saturated carbocycles. The van der Waals surface area contributed by atoms with Gasteiger partial charge in [0.05, 0.1) is 0 Å². The maximum absolute atomic E-state index is 12.9. The summed E-state index contributed by atoms with van der Waals surface area (Å²) in [5.41, 5.74) is 15.2. The molecular formula is C17H21F3N6O7S2. The summed E-state index contributed by atoms with van der Waals surface area (Å²) in [5, 5.41) is 12.1. The van der Waals surface area contributed by atoms with Gasteiger partial charge in [-0.1, -0.05) is 6.07 Å². The van der Waals surface area contributed by atoms with E-state index in [2.05, 4.69) is 9.88 Å². The normalized spacial score (nSPS) is 12.9. The van der Waals surface area contributed by atoms with Crippen molar-refractivity contribution in [1.29, 1.82) is 0 Å². The number of alkyl halides is 3. The van der Waals surface area contributed by atoms with Gasteiger partial charge in [-0.2, -0.15) is 13.2 Å². The zero-order chi connectivity index (χ0) is 27.1. The highest BCUT2D eigenvalue weighted by Crippen LogP contribution is 2.21. The van der Waals surface area contributed by atoms with E-state index in [-0.39, 0.29) is 15.9 Å². The lowest BCUT2D eigenvalue weighted by atomic mass is 10.1. The van der Waals surface area contributed by atoms with E-state index in [1.54, 1.807) is 18.4 Å². The summed E-state index contributed by atoms with van der Waals surface area (Å²) < 4.78 is 59.9. The van der Waals surface area contributed by atoms with Gasteiger partial charge in [-0.25, -0.2) is 13.2 Å². The van der Waals surface area contributed by atoms with Crippen LogP contribution in [0.3, 0.4) is 0 Å². The highest BCUT2D eigenvalue weighted by atomic mass is 32.2. The summed E-state index contributed by atoms with van der Waals surface area (Å²) in [6.45, 7) is 3.00. The number of amides is 1. The molecule has 194 valence electrons. The smallest absolute Gasteiger partial charge is 0.475 e. The van der Waals surface area contributed by atoms with Crippen LogP contribution in [0.4, 0.5) is 18.9 Å². The number of sulfonamides is 1. The van der Waals surface area contributed by atoms with Crippen LogP contribution in [0.15, 0.2) is 43.8 Å². The molecule has 2 heterocycles. The molecule has 0 spiro atoms. The van der Waals surface area contributed by atoms with Gasteiger partial charge in [-0.15, -0.1) is 11.3 Å². The Hall–Kier alpha value is -3.80. The fraction of sp³-hybridized carbons (Fsp3) is 0.294. The van der Waals surface area contributed by atoms with Crippen molar-refractivity contribution in [2.75, 3.05) is 4.72 Å². The number of nitrogens with two attached hydrogens (primary N) is 3. The molecule has 0 fully saturated rings. The van der Waals surface area contributed by atoms with Crippen LogP contribution in [0.5, 0.6) is 0 Å². The topological polar surface area (TPSA) is 222 Å². The number of carboxylic acids is 1. The van der Waals surface area contributed by atoms with E-state index in [0.29, 0.717) is 5.69 Å². The first-order valence-corrected chi connectivity index (χ1v) is 11.5. The first kappa shape index (κ1) is 29.2. The van der Waals surface area contributed by atoms with Gasteiger partial charge in [0.1, 0.15) is 9.90 Å². The van der Waals surface area contributed by atoms with Crippen LogP contribution in [0.25, 0.3) is 0 Å². The van der Waals surface area contributed by atoms with Crippen molar-refractivity contribution in [3.05, 3.63) is 45.7 Å². The minimum absolute atomic E-state index is 0.0370. The van der Waals surface area contributed by atoms with Gasteiger partial charge in [-0.3, -0.25) is 18.9 Å². The maximum Gasteiger partial charge on any atom is 0.490 e. The average molecular weight is 543 g/mol. The number of aliphatic carboxylic acids is 1. The third-order valence-electron chi connectivity index (χ3n) is 3.91. The lowest BCUT2D eigenvalue weighted by Crippen LogP contribution is -2.42. The molecule has 0 radical (unpaired) electrons. The highest BCUT2D eigenvalue weighted by Gasteiger charge is 2.38. The summed E-state index contributed by atoms with van der Waals surface area (Å²) in [5.74, 6) is -4.02. The van der Waals surface area contributed by atoms with Crippen LogP contribution in [-0.2, 0) is 24.4 Å². The van der Waals surface area contributed by atoms with Gasteiger partial charge < -0.3 is 27.1 Å². The van der Waals surface area contributed by atoms with Crippen molar-refractivity contribution in [2.24, 2.45) is 22.4 Å². The summed E-state index contributed by atoms with van der Waals surface area (Å²) >= 11 is 0.996. The molecule has 13 nitrogen and oxygen atoms in total. The fourth-order valence-corrected chi connectivity index (χ4v) is 4.50. The summed E-state index contributed by atoms with van der Waals surface area (Å²) in [6.07, 6.45) is -6.10. The molecule has 0 aliphatic heterocycles. The predicted octanol–water partition coefficient (Wildman–Crippen LogP) is 0.272. The van der Waals surface area contributed by atoms with Gasteiger partial charge in [0, 0.05) is 5.69 Å². The quantitative estimate of drug-likeness (QED) is 0.175. The molecule has 35 heavy (non-hydrogen) atoms. The Kier molecular flexibility index (Phi) is 9.65. The van der Waals surface area contributed by atoms with Crippen LogP contribution >= 0.6 is 11.3 Å². The molecular weight excluding hydrogens is 521 g/mol. The van der Waals surface area contributed by atoms with E-state index in [1.165, 1.54) is 25.1 Å². The van der Waals surface area contributed by atoms with Crippen LogP contribution in [0.1, 0.15) is 18.7 Å². The maximum atomic E-state index is 12.9. The summed E-state index contributed by atoms with van der Waals surface area (Å²) in [4.78, 5) is 38.9. The number of hydrogen-bond acceptors (Lipinski definition) is 8. The van der Waals surface area contributed by atoms with Gasteiger partial charge in [0.25, 0.3) is 15.6 Å². The zero-order valence-corrected chi connectivity index (χ0v) is 19.6. The lowest BCUT2D eigenvalue weighted by Gasteiger charge is -2.24. The lowest BCUT2D eigenvalue weighted by molar-refractivity contribution is -0.192. The fourth-order valence-electron chi connectivity index (χ4n) is 2.45. The van der Waals surface area contributed by atoms with Crippen molar-refractivity contribution in [2.45, 2.75) is 36.4 Å². The Bertz CT molecular complexity index is 1240. The summed E-state index contributed by atoms with van der Waals surface area (Å²) in [7, 11) is -3.96. The molecule has 2 unspecified atom stereocenters. The average Bonchev–Trinajstić information content (AvgIpc) is 3.27. The molecule has 1 amide bonds. The van der Waals surface area contributed by atoms with E-state index in [4.69, 9.17) is 31.9 Å². The van der Waals surface area contributed by atoms with Gasteiger partial charge in [0.2, 0.25) is 11.9 Å². The largest absolute Gasteiger partial charge is 0.490 e. The van der Waals surface area contributed by atoms with E-state index in [1.807, 2.05) is 0 Å². The Morgan fingerprint density at radius 1 is 1.23 bits per heavy atom. The standard InChI is InChI=1S/C15H20N6O5S2.C2HF3O2/c1-8-5-6-10(20-28(24,25)11-4-3-7-27-11)14(23)21(8)12(13(16)22)9(2)26-19-15(17)18;3-2(4,5)1(6)7/h3-7,9,12,20H,1-2H3,(H2,16,22)(H4,17,18,19);(H,6,7). The minimum atomic E-state index is -5.08. The number of guanidine groups is 1. The first-order chi connectivity index (χ1) is 16.0. The summed E-state index contributed by atoms with van der Waals surface area (Å²) in [6, 6.07) is 4.45. The number of anilines is 1. The van der Waals surface area contributed by atoms with E-state index < -0.39 is 45.8 Å². The van der Waals surface area contributed by atoms with Crippen molar-refractivity contribution in [1.82, 2.24) is 4.57 Å². The molecule has 2 aromatic heterocycles. The SMILES string of the molecule is Cc1ccc(NS(=O)(=O)c2cccs2)c(=O)n1C(C(N)=O)C(C)ON=C(N)N.O=C(O)C(F)(F)F. The second kappa shape index (κ2) is 11.6. The van der Waals surface area contributed by atoms with Crippen LogP contribution in [0, 0.1) is 6.92 Å². The zero-order valence-electron chi connectivity index (χ0n) is 18.0.